The van der Waals surface area contributed by atoms with E-state index in [-0.39, 0.29) is 5.97 Å². The zero-order valence-corrected chi connectivity index (χ0v) is 16.6. The van der Waals surface area contributed by atoms with Gasteiger partial charge in [-0.15, -0.1) is 0 Å². The van der Waals surface area contributed by atoms with Crippen molar-refractivity contribution >= 4 is 23.7 Å². The summed E-state index contributed by atoms with van der Waals surface area (Å²) in [5.41, 5.74) is 2.18. The highest BCUT2D eigenvalue weighted by molar-refractivity contribution is 7.99. The van der Waals surface area contributed by atoms with E-state index in [2.05, 4.69) is 22.3 Å². The van der Waals surface area contributed by atoms with Crippen LogP contribution >= 0.6 is 11.8 Å². The van der Waals surface area contributed by atoms with Crippen LogP contribution in [0.25, 0.3) is 0 Å². The molecule has 0 radical (unpaired) electrons. The minimum atomic E-state index is -0.397. The van der Waals surface area contributed by atoms with Gasteiger partial charge in [0.15, 0.2) is 0 Å². The first-order chi connectivity index (χ1) is 13.2. The standard InChI is InChI=1S/C19H24N4O3S/c1-4-25-15-8-6-14(7-9-15)17-16(18(24)26-10-11-27-5-2)13(3)22-19-20-12-21-23(17)19/h6-9,12,17H,4-5,10-11H2,1-3H3,(H,20,21,22). The summed E-state index contributed by atoms with van der Waals surface area (Å²) in [7, 11) is 0. The average molecular weight is 388 g/mol. The van der Waals surface area contributed by atoms with Gasteiger partial charge in [-0.2, -0.15) is 21.8 Å². The summed E-state index contributed by atoms with van der Waals surface area (Å²) in [6, 6.07) is 7.28. The predicted octanol–water partition coefficient (Wildman–Crippen LogP) is 3.26. The number of hydrogen-bond acceptors (Lipinski definition) is 7. The van der Waals surface area contributed by atoms with Crippen LogP contribution in [0.15, 0.2) is 41.9 Å². The van der Waals surface area contributed by atoms with Gasteiger partial charge in [0.25, 0.3) is 0 Å². The summed E-state index contributed by atoms with van der Waals surface area (Å²) in [6.07, 6.45) is 1.48. The molecule has 1 N–H and O–H groups in total. The first-order valence-corrected chi connectivity index (χ1v) is 10.2. The van der Waals surface area contributed by atoms with Gasteiger partial charge < -0.3 is 14.8 Å². The molecule has 0 aliphatic carbocycles. The third-order valence-electron chi connectivity index (χ3n) is 4.19. The number of fused-ring (bicyclic) bond motifs is 1. The zero-order valence-electron chi connectivity index (χ0n) is 15.8. The molecule has 0 fully saturated rings. The molecule has 144 valence electrons. The highest BCUT2D eigenvalue weighted by Gasteiger charge is 2.34. The van der Waals surface area contributed by atoms with Gasteiger partial charge in [-0.3, -0.25) is 0 Å². The van der Waals surface area contributed by atoms with E-state index in [4.69, 9.17) is 9.47 Å². The number of allylic oxidation sites excluding steroid dienone is 1. The van der Waals surface area contributed by atoms with E-state index in [0.29, 0.717) is 24.7 Å². The Labute approximate surface area is 163 Å². The van der Waals surface area contributed by atoms with Crippen LogP contribution in [0.4, 0.5) is 5.95 Å². The van der Waals surface area contributed by atoms with Gasteiger partial charge in [-0.05, 0) is 37.3 Å². The second-order valence-corrected chi connectivity index (χ2v) is 7.32. The van der Waals surface area contributed by atoms with Crippen molar-refractivity contribution < 1.29 is 14.3 Å². The number of nitrogens with zero attached hydrogens (tertiary/aromatic N) is 3. The number of esters is 1. The fourth-order valence-electron chi connectivity index (χ4n) is 2.99. The van der Waals surface area contributed by atoms with Gasteiger partial charge in [0, 0.05) is 11.4 Å². The molecule has 1 aromatic carbocycles. The van der Waals surface area contributed by atoms with Crippen LogP contribution in [0.5, 0.6) is 5.75 Å². The molecule has 0 spiro atoms. The number of hydrogen-bond donors (Lipinski definition) is 1. The fraction of sp³-hybridized carbons (Fsp3) is 0.421. The van der Waals surface area contributed by atoms with Crippen molar-refractivity contribution in [3.63, 3.8) is 0 Å². The van der Waals surface area contributed by atoms with Gasteiger partial charge in [0.2, 0.25) is 5.95 Å². The van der Waals surface area contributed by atoms with Crippen LogP contribution in [0.2, 0.25) is 0 Å². The molecule has 7 nitrogen and oxygen atoms in total. The van der Waals surface area contributed by atoms with E-state index in [0.717, 1.165) is 28.5 Å². The molecule has 2 aromatic rings. The number of benzene rings is 1. The molecule has 1 aliphatic heterocycles. The highest BCUT2D eigenvalue weighted by atomic mass is 32.2. The summed E-state index contributed by atoms with van der Waals surface area (Å²) < 4.78 is 12.7. The number of aromatic nitrogens is 3. The molecule has 3 rings (SSSR count). The second kappa shape index (κ2) is 8.94. The van der Waals surface area contributed by atoms with Crippen molar-refractivity contribution in [3.8, 4) is 5.75 Å². The molecule has 27 heavy (non-hydrogen) atoms. The van der Waals surface area contributed by atoms with Crippen molar-refractivity contribution in [2.75, 3.05) is 30.0 Å². The lowest BCUT2D eigenvalue weighted by Crippen LogP contribution is -2.30. The van der Waals surface area contributed by atoms with Gasteiger partial charge in [-0.25, -0.2) is 9.48 Å². The summed E-state index contributed by atoms with van der Waals surface area (Å²) >= 11 is 1.74. The van der Waals surface area contributed by atoms with Gasteiger partial charge in [-0.1, -0.05) is 19.1 Å². The summed E-state index contributed by atoms with van der Waals surface area (Å²) in [5.74, 6) is 2.83. The lowest BCUT2D eigenvalue weighted by molar-refractivity contribution is -0.138. The van der Waals surface area contributed by atoms with Crippen molar-refractivity contribution in [1.29, 1.82) is 0 Å². The van der Waals surface area contributed by atoms with Crippen LogP contribution in [0.1, 0.15) is 32.4 Å². The highest BCUT2D eigenvalue weighted by Crippen LogP contribution is 2.35. The summed E-state index contributed by atoms with van der Waals surface area (Å²) in [6.45, 7) is 6.87. The number of rotatable bonds is 8. The molecule has 0 bridgehead atoms. The van der Waals surface area contributed by atoms with E-state index in [1.54, 1.807) is 16.4 Å². The van der Waals surface area contributed by atoms with Crippen molar-refractivity contribution in [2.24, 2.45) is 0 Å². The molecule has 1 aromatic heterocycles. The number of thioether (sulfide) groups is 1. The predicted molar refractivity (Wildman–Crippen MR) is 106 cm³/mol. The zero-order chi connectivity index (χ0) is 19.2. The molecule has 1 unspecified atom stereocenters. The molecule has 0 amide bonds. The van der Waals surface area contributed by atoms with Crippen LogP contribution in [-0.4, -0.2) is 45.5 Å². The smallest absolute Gasteiger partial charge is 0.338 e. The minimum Gasteiger partial charge on any atom is -0.494 e. The van der Waals surface area contributed by atoms with E-state index >= 15 is 0 Å². The molecule has 0 saturated carbocycles. The summed E-state index contributed by atoms with van der Waals surface area (Å²) in [4.78, 5) is 17.1. The second-order valence-electron chi connectivity index (χ2n) is 5.93. The molecule has 2 heterocycles. The Morgan fingerprint density at radius 2 is 2.07 bits per heavy atom. The lowest BCUT2D eigenvalue weighted by atomic mass is 9.96. The number of ether oxygens (including phenoxy) is 2. The minimum absolute atomic E-state index is 0.336. The number of carbonyl (C=O) groups is 1. The van der Waals surface area contributed by atoms with E-state index < -0.39 is 6.04 Å². The maximum absolute atomic E-state index is 12.8. The maximum Gasteiger partial charge on any atom is 0.338 e. The first-order valence-electron chi connectivity index (χ1n) is 9.00. The largest absolute Gasteiger partial charge is 0.494 e. The Hall–Kier alpha value is -2.48. The fourth-order valence-corrected chi connectivity index (χ4v) is 3.48. The molecule has 1 aliphatic rings. The third-order valence-corrected chi connectivity index (χ3v) is 5.05. The Morgan fingerprint density at radius 3 is 2.78 bits per heavy atom. The van der Waals surface area contributed by atoms with Crippen molar-refractivity contribution in [3.05, 3.63) is 47.4 Å². The molecule has 8 heteroatoms. The maximum atomic E-state index is 12.8. The Bertz CT molecular complexity index is 817. The van der Waals surface area contributed by atoms with Crippen LogP contribution in [0.3, 0.4) is 0 Å². The Morgan fingerprint density at radius 1 is 1.30 bits per heavy atom. The van der Waals surface area contributed by atoms with Crippen LogP contribution in [-0.2, 0) is 9.53 Å². The lowest BCUT2D eigenvalue weighted by Gasteiger charge is -2.28. The molecular formula is C19H24N4O3S. The normalized spacial score (nSPS) is 15.9. The van der Waals surface area contributed by atoms with E-state index in [9.17, 15) is 4.79 Å². The molecular weight excluding hydrogens is 364 g/mol. The number of anilines is 1. The topological polar surface area (TPSA) is 78.3 Å². The first kappa shape index (κ1) is 19.3. The van der Waals surface area contributed by atoms with E-state index in [1.807, 2.05) is 38.1 Å². The monoisotopic (exact) mass is 388 g/mol. The summed E-state index contributed by atoms with van der Waals surface area (Å²) in [5, 5.41) is 7.46. The molecule has 1 atom stereocenters. The third kappa shape index (κ3) is 4.27. The average Bonchev–Trinajstić information content (AvgIpc) is 3.13. The Kier molecular flexibility index (Phi) is 6.39. The van der Waals surface area contributed by atoms with Crippen molar-refractivity contribution in [1.82, 2.24) is 14.8 Å². The van der Waals surface area contributed by atoms with E-state index in [1.165, 1.54) is 6.33 Å². The van der Waals surface area contributed by atoms with Gasteiger partial charge in [0.05, 0.1) is 12.2 Å². The van der Waals surface area contributed by atoms with Gasteiger partial charge >= 0.3 is 5.97 Å². The molecule has 0 saturated heterocycles. The quantitative estimate of drug-likeness (QED) is 0.549. The SMILES string of the molecule is CCOc1ccc(C2C(C(=O)OCCSCC)=C(C)Nc3ncnn32)cc1. The van der Waals surface area contributed by atoms with Crippen molar-refractivity contribution in [2.45, 2.75) is 26.8 Å². The Balaban J connectivity index is 1.90. The van der Waals surface area contributed by atoms with Crippen LogP contribution in [0, 0.1) is 0 Å². The van der Waals surface area contributed by atoms with Crippen LogP contribution < -0.4 is 10.1 Å². The number of nitrogens with one attached hydrogen (secondary N) is 1. The van der Waals surface area contributed by atoms with Gasteiger partial charge in [0.1, 0.15) is 24.7 Å². The number of carbonyl (C=O) groups excluding carboxylic acids is 1.